The van der Waals surface area contributed by atoms with E-state index < -0.39 is 0 Å². The van der Waals surface area contributed by atoms with Crippen LogP contribution in [0.25, 0.3) is 0 Å². The van der Waals surface area contributed by atoms with Crippen LogP contribution in [0.4, 0.5) is 0 Å². The van der Waals surface area contributed by atoms with Gasteiger partial charge in [0.05, 0.1) is 6.04 Å². The van der Waals surface area contributed by atoms with E-state index in [-0.39, 0.29) is 5.91 Å². The number of aromatic nitrogens is 1. The fourth-order valence-electron chi connectivity index (χ4n) is 2.41. The molecule has 16 heavy (non-hydrogen) atoms. The predicted molar refractivity (Wildman–Crippen MR) is 60.1 cm³/mol. The van der Waals surface area contributed by atoms with Crippen LogP contribution < -0.4 is 5.32 Å². The Morgan fingerprint density at radius 3 is 3.19 bits per heavy atom. The van der Waals surface area contributed by atoms with Gasteiger partial charge < -0.3 is 14.7 Å². The van der Waals surface area contributed by atoms with Gasteiger partial charge in [0.2, 0.25) is 5.76 Å². The van der Waals surface area contributed by atoms with Gasteiger partial charge >= 0.3 is 0 Å². The molecule has 0 spiro atoms. The van der Waals surface area contributed by atoms with E-state index in [9.17, 15) is 4.79 Å². The van der Waals surface area contributed by atoms with Crippen LogP contribution in [0.5, 0.6) is 0 Å². The molecule has 2 aliphatic heterocycles. The van der Waals surface area contributed by atoms with Gasteiger partial charge in [-0.15, -0.1) is 0 Å². The van der Waals surface area contributed by atoms with E-state index in [1.165, 1.54) is 0 Å². The summed E-state index contributed by atoms with van der Waals surface area (Å²) in [6.07, 6.45) is 2.21. The molecular weight excluding hydrogens is 274 g/mol. The van der Waals surface area contributed by atoms with E-state index in [4.69, 9.17) is 4.52 Å². The molecular formula is C10H12BrN3O2. The zero-order chi connectivity index (χ0) is 11.1. The number of fused-ring (bicyclic) bond motifs is 1. The number of carbonyl (C=O) groups excluding carboxylic acids is 1. The topological polar surface area (TPSA) is 58.4 Å². The number of hydrogen-bond donors (Lipinski definition) is 1. The van der Waals surface area contributed by atoms with Crippen LogP contribution in [0, 0.1) is 0 Å². The van der Waals surface area contributed by atoms with Crippen LogP contribution in [0.3, 0.4) is 0 Å². The van der Waals surface area contributed by atoms with Crippen molar-refractivity contribution in [3.63, 3.8) is 0 Å². The number of likely N-dealkylation sites (tertiary alicyclic amines) is 1. The van der Waals surface area contributed by atoms with Crippen molar-refractivity contribution in [2.24, 2.45) is 0 Å². The molecule has 1 N–H and O–H groups in total. The lowest BCUT2D eigenvalue weighted by molar-refractivity contribution is 0.0330. The third kappa shape index (κ3) is 1.56. The minimum atomic E-state index is -0.0469. The molecule has 0 aliphatic carbocycles. The lowest BCUT2D eigenvalue weighted by atomic mass is 9.89. The van der Waals surface area contributed by atoms with Gasteiger partial charge in [0.15, 0.2) is 0 Å². The van der Waals surface area contributed by atoms with E-state index in [0.717, 1.165) is 25.9 Å². The highest BCUT2D eigenvalue weighted by Crippen LogP contribution is 2.25. The second-order valence-corrected chi connectivity index (χ2v) is 5.05. The summed E-state index contributed by atoms with van der Waals surface area (Å²) in [6.45, 7) is 1.71. The largest absolute Gasteiger partial charge is 0.350 e. The smallest absolute Gasteiger partial charge is 0.292 e. The van der Waals surface area contributed by atoms with E-state index >= 15 is 0 Å². The first-order valence-corrected chi connectivity index (χ1v) is 6.21. The number of hydrogen-bond acceptors (Lipinski definition) is 4. The van der Waals surface area contributed by atoms with Crippen molar-refractivity contribution >= 4 is 21.8 Å². The average Bonchev–Trinajstić information content (AvgIpc) is 2.65. The van der Waals surface area contributed by atoms with Crippen molar-refractivity contribution in [3.8, 4) is 0 Å². The standard InChI is InChI=1S/C10H12BrN3O2/c11-9-4-8(16-13-9)10(15)14-3-1-2-6-7(14)5-12-6/h4,6-7,12H,1-3,5H2. The van der Waals surface area contributed by atoms with Gasteiger partial charge in [-0.05, 0) is 28.8 Å². The monoisotopic (exact) mass is 285 g/mol. The van der Waals surface area contributed by atoms with Gasteiger partial charge in [0, 0.05) is 25.2 Å². The Bertz CT molecular complexity index is 420. The molecule has 0 bridgehead atoms. The molecule has 0 aromatic carbocycles. The minimum absolute atomic E-state index is 0.0469. The number of rotatable bonds is 1. The van der Waals surface area contributed by atoms with Gasteiger partial charge in [-0.1, -0.05) is 5.16 Å². The van der Waals surface area contributed by atoms with Crippen LogP contribution in [0.1, 0.15) is 23.4 Å². The van der Waals surface area contributed by atoms with Crippen molar-refractivity contribution in [2.75, 3.05) is 13.1 Å². The molecule has 1 aromatic rings. The second kappa shape index (κ2) is 3.85. The molecule has 86 valence electrons. The molecule has 5 nitrogen and oxygen atoms in total. The Balaban J connectivity index is 1.79. The summed E-state index contributed by atoms with van der Waals surface area (Å²) in [6, 6.07) is 2.44. The van der Waals surface area contributed by atoms with E-state index in [2.05, 4.69) is 26.4 Å². The molecule has 3 heterocycles. The van der Waals surface area contributed by atoms with Crippen LogP contribution in [-0.2, 0) is 0 Å². The summed E-state index contributed by atoms with van der Waals surface area (Å²) in [5.74, 6) is 0.272. The fraction of sp³-hybridized carbons (Fsp3) is 0.600. The van der Waals surface area contributed by atoms with Crippen LogP contribution >= 0.6 is 15.9 Å². The van der Waals surface area contributed by atoms with Gasteiger partial charge in [0.25, 0.3) is 5.91 Å². The van der Waals surface area contributed by atoms with Crippen molar-refractivity contribution in [1.29, 1.82) is 0 Å². The molecule has 2 atom stereocenters. The molecule has 2 aliphatic rings. The van der Waals surface area contributed by atoms with Crippen molar-refractivity contribution in [3.05, 3.63) is 16.4 Å². The van der Waals surface area contributed by atoms with E-state index in [0.29, 0.717) is 22.4 Å². The van der Waals surface area contributed by atoms with E-state index in [1.54, 1.807) is 6.07 Å². The lowest BCUT2D eigenvalue weighted by Crippen LogP contribution is -2.68. The summed E-state index contributed by atoms with van der Waals surface area (Å²) < 4.78 is 5.54. The highest BCUT2D eigenvalue weighted by atomic mass is 79.9. The second-order valence-electron chi connectivity index (χ2n) is 4.24. The first kappa shape index (κ1) is 10.3. The Morgan fingerprint density at radius 1 is 1.69 bits per heavy atom. The normalized spacial score (nSPS) is 28.4. The maximum Gasteiger partial charge on any atom is 0.292 e. The highest BCUT2D eigenvalue weighted by molar-refractivity contribution is 9.10. The number of piperidine rings is 1. The third-order valence-corrected chi connectivity index (χ3v) is 3.69. The van der Waals surface area contributed by atoms with Crippen LogP contribution in [0.2, 0.25) is 0 Å². The highest BCUT2D eigenvalue weighted by Gasteiger charge is 2.41. The van der Waals surface area contributed by atoms with Gasteiger partial charge in [-0.25, -0.2) is 0 Å². The molecule has 2 unspecified atom stereocenters. The molecule has 3 rings (SSSR count). The lowest BCUT2D eigenvalue weighted by Gasteiger charge is -2.48. The van der Waals surface area contributed by atoms with Gasteiger partial charge in [0.1, 0.15) is 4.60 Å². The summed E-state index contributed by atoms with van der Waals surface area (Å²) in [5.41, 5.74) is 0. The quantitative estimate of drug-likeness (QED) is 0.837. The predicted octanol–water partition coefficient (Wildman–Crippen LogP) is 1.01. The molecule has 6 heteroatoms. The first-order chi connectivity index (χ1) is 7.75. The number of nitrogens with one attached hydrogen (secondary N) is 1. The molecule has 2 fully saturated rings. The Hall–Kier alpha value is -0.880. The number of amides is 1. The summed E-state index contributed by atoms with van der Waals surface area (Å²) >= 11 is 3.18. The Kier molecular flexibility index (Phi) is 2.48. The first-order valence-electron chi connectivity index (χ1n) is 5.42. The number of halogens is 1. The number of carbonyl (C=O) groups is 1. The SMILES string of the molecule is O=C(c1cc(Br)no1)N1CCCC2NCC21. The molecule has 0 radical (unpaired) electrons. The van der Waals surface area contributed by atoms with Crippen molar-refractivity contribution in [1.82, 2.24) is 15.4 Å². The average molecular weight is 286 g/mol. The molecule has 1 amide bonds. The Morgan fingerprint density at radius 2 is 2.56 bits per heavy atom. The van der Waals surface area contributed by atoms with Crippen LogP contribution in [0.15, 0.2) is 15.2 Å². The maximum absolute atomic E-state index is 12.1. The maximum atomic E-state index is 12.1. The summed E-state index contributed by atoms with van der Waals surface area (Å²) in [5, 5.41) is 7.01. The fourth-order valence-corrected chi connectivity index (χ4v) is 2.69. The number of nitrogens with zero attached hydrogens (tertiary/aromatic N) is 2. The summed E-state index contributed by atoms with van der Waals surface area (Å²) in [4.78, 5) is 14.0. The third-order valence-electron chi connectivity index (χ3n) is 3.32. The van der Waals surface area contributed by atoms with Gasteiger partial charge in [-0.2, -0.15) is 0 Å². The van der Waals surface area contributed by atoms with Crippen molar-refractivity contribution < 1.29 is 9.32 Å². The molecule has 1 aromatic heterocycles. The zero-order valence-corrected chi connectivity index (χ0v) is 10.2. The Labute approximate surface area is 101 Å². The van der Waals surface area contributed by atoms with Gasteiger partial charge in [-0.3, -0.25) is 4.79 Å². The molecule has 0 saturated carbocycles. The minimum Gasteiger partial charge on any atom is -0.350 e. The summed E-state index contributed by atoms with van der Waals surface area (Å²) in [7, 11) is 0. The zero-order valence-electron chi connectivity index (χ0n) is 8.65. The van der Waals surface area contributed by atoms with Crippen molar-refractivity contribution in [2.45, 2.75) is 24.9 Å². The van der Waals surface area contributed by atoms with Crippen LogP contribution in [-0.4, -0.2) is 41.1 Å². The van der Waals surface area contributed by atoms with E-state index in [1.807, 2.05) is 4.90 Å². The molecule has 2 saturated heterocycles.